The molecule has 2 aromatic rings. The average Bonchev–Trinajstić information content (AvgIpc) is 2.96. The minimum atomic E-state index is 0.635. The molecule has 0 atom stereocenters. The molecule has 1 aromatic heterocycles. The molecule has 1 fully saturated rings. The summed E-state index contributed by atoms with van der Waals surface area (Å²) in [4.78, 5) is 0. The number of hydrogen-bond acceptors (Lipinski definition) is 3. The summed E-state index contributed by atoms with van der Waals surface area (Å²) in [6.45, 7) is 0.983. The predicted octanol–water partition coefficient (Wildman–Crippen LogP) is 4.13. The van der Waals surface area contributed by atoms with Gasteiger partial charge < -0.3 is 4.74 Å². The molecular formula is C17H19N3O. The first-order chi connectivity index (χ1) is 10.3. The predicted molar refractivity (Wildman–Crippen MR) is 80.0 cm³/mol. The maximum atomic E-state index is 8.77. The summed E-state index contributed by atoms with van der Waals surface area (Å²) in [7, 11) is 0. The van der Waals surface area contributed by atoms with E-state index in [-0.39, 0.29) is 0 Å². The van der Waals surface area contributed by atoms with E-state index >= 15 is 0 Å². The van der Waals surface area contributed by atoms with Crippen LogP contribution in [0.1, 0.15) is 37.7 Å². The van der Waals surface area contributed by atoms with Crippen molar-refractivity contribution in [1.82, 2.24) is 9.78 Å². The van der Waals surface area contributed by atoms with Gasteiger partial charge in [-0.05, 0) is 43.0 Å². The number of aromatic nitrogens is 2. The SMILES string of the molecule is N#Cc1ccc(Oc2cnn(CC3CCCCC3)c2)cc1. The van der Waals surface area contributed by atoms with Gasteiger partial charge in [0.25, 0.3) is 0 Å². The molecule has 1 aromatic carbocycles. The number of hydrogen-bond donors (Lipinski definition) is 0. The molecule has 0 radical (unpaired) electrons. The summed E-state index contributed by atoms with van der Waals surface area (Å²) in [5, 5.41) is 13.2. The Bertz CT molecular complexity index is 618. The second kappa shape index (κ2) is 6.45. The highest BCUT2D eigenvalue weighted by molar-refractivity contribution is 5.36. The lowest BCUT2D eigenvalue weighted by Gasteiger charge is -2.21. The van der Waals surface area contributed by atoms with Crippen molar-refractivity contribution in [3.05, 3.63) is 42.2 Å². The van der Waals surface area contributed by atoms with Gasteiger partial charge in [-0.2, -0.15) is 10.4 Å². The van der Waals surface area contributed by atoms with Crippen molar-refractivity contribution in [2.75, 3.05) is 0 Å². The highest BCUT2D eigenvalue weighted by Gasteiger charge is 2.14. The van der Waals surface area contributed by atoms with Crippen molar-refractivity contribution in [1.29, 1.82) is 5.26 Å². The van der Waals surface area contributed by atoms with Crippen molar-refractivity contribution < 1.29 is 4.74 Å². The topological polar surface area (TPSA) is 50.8 Å². The molecule has 21 heavy (non-hydrogen) atoms. The molecule has 4 nitrogen and oxygen atoms in total. The van der Waals surface area contributed by atoms with E-state index in [2.05, 4.69) is 11.2 Å². The Morgan fingerprint density at radius 1 is 1.14 bits per heavy atom. The lowest BCUT2D eigenvalue weighted by atomic mass is 9.89. The minimum absolute atomic E-state index is 0.635. The first-order valence-corrected chi connectivity index (χ1v) is 7.54. The second-order valence-electron chi connectivity index (χ2n) is 5.64. The van der Waals surface area contributed by atoms with Gasteiger partial charge in [-0.1, -0.05) is 19.3 Å². The second-order valence-corrected chi connectivity index (χ2v) is 5.64. The third kappa shape index (κ3) is 3.63. The number of nitriles is 1. The molecule has 0 unspecified atom stereocenters. The molecule has 108 valence electrons. The Morgan fingerprint density at radius 3 is 2.62 bits per heavy atom. The van der Waals surface area contributed by atoms with Crippen molar-refractivity contribution >= 4 is 0 Å². The van der Waals surface area contributed by atoms with Crippen LogP contribution in [0.15, 0.2) is 36.7 Å². The van der Waals surface area contributed by atoms with E-state index in [1.807, 2.05) is 10.9 Å². The van der Waals surface area contributed by atoms with Crippen LogP contribution in [0.5, 0.6) is 11.5 Å². The summed E-state index contributed by atoms with van der Waals surface area (Å²) < 4.78 is 7.74. The summed E-state index contributed by atoms with van der Waals surface area (Å²) in [6, 6.07) is 9.20. The van der Waals surface area contributed by atoms with Crippen LogP contribution in [0.4, 0.5) is 0 Å². The molecule has 0 saturated heterocycles. The van der Waals surface area contributed by atoms with Crippen LogP contribution in [0, 0.1) is 17.2 Å². The number of rotatable bonds is 4. The van der Waals surface area contributed by atoms with Crippen molar-refractivity contribution in [2.24, 2.45) is 5.92 Å². The van der Waals surface area contributed by atoms with E-state index in [1.165, 1.54) is 32.1 Å². The Kier molecular flexibility index (Phi) is 4.20. The number of ether oxygens (including phenoxy) is 1. The fourth-order valence-electron chi connectivity index (χ4n) is 2.87. The highest BCUT2D eigenvalue weighted by atomic mass is 16.5. The normalized spacial score (nSPS) is 15.6. The smallest absolute Gasteiger partial charge is 0.165 e. The van der Waals surface area contributed by atoms with E-state index in [9.17, 15) is 0 Å². The van der Waals surface area contributed by atoms with Gasteiger partial charge in [0.1, 0.15) is 5.75 Å². The maximum absolute atomic E-state index is 8.77. The van der Waals surface area contributed by atoms with Gasteiger partial charge in [-0.25, -0.2) is 0 Å². The molecule has 3 rings (SSSR count). The molecule has 1 aliphatic carbocycles. The van der Waals surface area contributed by atoms with Gasteiger partial charge in [0.05, 0.1) is 24.0 Å². The zero-order valence-corrected chi connectivity index (χ0v) is 12.0. The average molecular weight is 281 g/mol. The first-order valence-electron chi connectivity index (χ1n) is 7.54. The molecule has 0 bridgehead atoms. The zero-order valence-electron chi connectivity index (χ0n) is 12.0. The summed E-state index contributed by atoms with van der Waals surface area (Å²) in [6.07, 6.45) is 10.4. The van der Waals surface area contributed by atoms with Crippen LogP contribution in [0.25, 0.3) is 0 Å². The first kappa shape index (κ1) is 13.7. The maximum Gasteiger partial charge on any atom is 0.165 e. The van der Waals surface area contributed by atoms with Crippen molar-refractivity contribution in [3.63, 3.8) is 0 Å². The van der Waals surface area contributed by atoms with Gasteiger partial charge in [0.15, 0.2) is 5.75 Å². The molecule has 4 heteroatoms. The van der Waals surface area contributed by atoms with Crippen LogP contribution < -0.4 is 4.74 Å². The molecule has 1 heterocycles. The number of nitrogens with zero attached hydrogens (tertiary/aromatic N) is 3. The van der Waals surface area contributed by atoms with E-state index in [0.717, 1.165) is 24.0 Å². The summed E-state index contributed by atoms with van der Waals surface area (Å²) in [5.74, 6) is 2.23. The molecule has 1 saturated carbocycles. The Balaban J connectivity index is 1.60. The number of benzene rings is 1. The molecule has 0 spiro atoms. The molecule has 0 amide bonds. The van der Waals surface area contributed by atoms with Crippen LogP contribution in [0.3, 0.4) is 0 Å². The third-order valence-electron chi connectivity index (χ3n) is 4.00. The molecule has 1 aliphatic rings. The van der Waals surface area contributed by atoms with Crippen molar-refractivity contribution in [2.45, 2.75) is 38.6 Å². The van der Waals surface area contributed by atoms with E-state index in [0.29, 0.717) is 5.56 Å². The third-order valence-corrected chi connectivity index (χ3v) is 4.00. The summed E-state index contributed by atoms with van der Waals surface area (Å²) >= 11 is 0. The van der Waals surface area contributed by atoms with E-state index in [4.69, 9.17) is 10.00 Å². The Hall–Kier alpha value is -2.28. The lowest BCUT2D eigenvalue weighted by Crippen LogP contribution is -2.14. The van der Waals surface area contributed by atoms with Gasteiger partial charge >= 0.3 is 0 Å². The fraction of sp³-hybridized carbons (Fsp3) is 0.412. The van der Waals surface area contributed by atoms with Crippen LogP contribution in [0.2, 0.25) is 0 Å². The van der Waals surface area contributed by atoms with Gasteiger partial charge in [0.2, 0.25) is 0 Å². The van der Waals surface area contributed by atoms with Crippen LogP contribution in [-0.4, -0.2) is 9.78 Å². The fourth-order valence-corrected chi connectivity index (χ4v) is 2.87. The quantitative estimate of drug-likeness (QED) is 0.846. The Morgan fingerprint density at radius 2 is 1.90 bits per heavy atom. The van der Waals surface area contributed by atoms with Gasteiger partial charge in [-0.3, -0.25) is 4.68 Å². The molecular weight excluding hydrogens is 262 g/mol. The standard InChI is InChI=1S/C17H19N3O/c18-10-14-6-8-16(9-7-14)21-17-11-19-20(13-17)12-15-4-2-1-3-5-15/h6-9,11,13,15H,1-5,12H2. The van der Waals surface area contributed by atoms with Gasteiger partial charge in [0, 0.05) is 6.54 Å². The molecule has 0 aliphatic heterocycles. The van der Waals surface area contributed by atoms with Gasteiger partial charge in [-0.15, -0.1) is 0 Å². The zero-order chi connectivity index (χ0) is 14.5. The molecule has 0 N–H and O–H groups in total. The largest absolute Gasteiger partial charge is 0.454 e. The van der Waals surface area contributed by atoms with Crippen molar-refractivity contribution in [3.8, 4) is 17.6 Å². The Labute approximate surface area is 125 Å². The van der Waals surface area contributed by atoms with Crippen LogP contribution in [-0.2, 0) is 6.54 Å². The highest BCUT2D eigenvalue weighted by Crippen LogP contribution is 2.26. The van der Waals surface area contributed by atoms with Crippen LogP contribution >= 0.6 is 0 Å². The monoisotopic (exact) mass is 281 g/mol. The van der Waals surface area contributed by atoms with E-state index < -0.39 is 0 Å². The van der Waals surface area contributed by atoms with E-state index in [1.54, 1.807) is 30.5 Å². The summed E-state index contributed by atoms with van der Waals surface area (Å²) in [5.41, 5.74) is 0.635. The minimum Gasteiger partial charge on any atom is -0.454 e. The lowest BCUT2D eigenvalue weighted by molar-refractivity contribution is 0.308.